The SMILES string of the molecule is CCC(C)c1ccc(-c2cc(C(=O)N/N=C\c3ccc(C)o3)c3ccccc3n2)cc1. The van der Waals surface area contributed by atoms with Crippen LogP contribution in [0.4, 0.5) is 0 Å². The average Bonchev–Trinajstić information content (AvgIpc) is 3.22. The van der Waals surface area contributed by atoms with Gasteiger partial charge in [-0.2, -0.15) is 5.10 Å². The Hall–Kier alpha value is -3.73. The topological polar surface area (TPSA) is 67.5 Å². The maximum Gasteiger partial charge on any atom is 0.272 e. The van der Waals surface area contributed by atoms with Crippen LogP contribution in [0.15, 0.2) is 76.2 Å². The van der Waals surface area contributed by atoms with Gasteiger partial charge < -0.3 is 4.42 Å². The Balaban J connectivity index is 1.66. The van der Waals surface area contributed by atoms with Crippen molar-refractivity contribution in [2.24, 2.45) is 5.10 Å². The molecule has 0 aliphatic rings. The smallest absolute Gasteiger partial charge is 0.272 e. The Bertz CT molecular complexity index is 1240. The molecular weight excluding hydrogens is 386 g/mol. The number of amides is 1. The van der Waals surface area contributed by atoms with Gasteiger partial charge in [-0.3, -0.25) is 4.79 Å². The van der Waals surface area contributed by atoms with E-state index in [2.05, 4.69) is 48.6 Å². The fourth-order valence-electron chi connectivity index (χ4n) is 3.47. The van der Waals surface area contributed by atoms with Crippen LogP contribution < -0.4 is 5.43 Å². The zero-order chi connectivity index (χ0) is 21.8. The first-order chi connectivity index (χ1) is 15.0. The number of aryl methyl sites for hydroxylation is 1. The van der Waals surface area contributed by atoms with Crippen molar-refractivity contribution < 1.29 is 9.21 Å². The third-order valence-corrected chi connectivity index (χ3v) is 5.47. The second-order valence-electron chi connectivity index (χ2n) is 7.65. The molecule has 31 heavy (non-hydrogen) atoms. The number of pyridine rings is 1. The van der Waals surface area contributed by atoms with Gasteiger partial charge >= 0.3 is 0 Å². The standard InChI is InChI=1S/C26H25N3O2/c1-4-17(2)19-10-12-20(13-11-19)25-15-23(22-7-5-6-8-24(22)28-25)26(30)29-27-16-21-14-9-18(3)31-21/h5-17H,4H2,1-3H3,(H,29,30)/b27-16-. The Morgan fingerprint density at radius 3 is 2.61 bits per heavy atom. The summed E-state index contributed by atoms with van der Waals surface area (Å²) in [6.07, 6.45) is 2.58. The second-order valence-corrected chi connectivity index (χ2v) is 7.65. The minimum atomic E-state index is -0.296. The predicted octanol–water partition coefficient (Wildman–Crippen LogP) is 6.08. The van der Waals surface area contributed by atoms with Crippen molar-refractivity contribution in [3.05, 3.63) is 89.4 Å². The molecule has 0 bridgehead atoms. The van der Waals surface area contributed by atoms with Gasteiger partial charge in [-0.15, -0.1) is 0 Å². The first kappa shape index (κ1) is 20.5. The number of aromatic nitrogens is 1. The Morgan fingerprint density at radius 2 is 1.90 bits per heavy atom. The molecule has 0 radical (unpaired) electrons. The van der Waals surface area contributed by atoms with E-state index in [0.29, 0.717) is 17.2 Å². The van der Waals surface area contributed by atoms with Gasteiger partial charge in [0.15, 0.2) is 0 Å². The van der Waals surface area contributed by atoms with E-state index in [1.165, 1.54) is 11.8 Å². The van der Waals surface area contributed by atoms with Gasteiger partial charge in [0.2, 0.25) is 0 Å². The van der Waals surface area contributed by atoms with Crippen LogP contribution in [0.1, 0.15) is 53.6 Å². The molecule has 156 valence electrons. The van der Waals surface area contributed by atoms with Crippen LogP contribution in [0.3, 0.4) is 0 Å². The van der Waals surface area contributed by atoms with Crippen LogP contribution in [0.25, 0.3) is 22.2 Å². The molecule has 2 aromatic carbocycles. The van der Waals surface area contributed by atoms with Crippen LogP contribution in [0.2, 0.25) is 0 Å². The van der Waals surface area contributed by atoms with E-state index in [0.717, 1.165) is 34.3 Å². The summed E-state index contributed by atoms with van der Waals surface area (Å²) in [6.45, 7) is 6.26. The number of hydrogen-bond donors (Lipinski definition) is 1. The maximum absolute atomic E-state index is 12.9. The van der Waals surface area contributed by atoms with E-state index >= 15 is 0 Å². The van der Waals surface area contributed by atoms with Gasteiger partial charge in [-0.25, -0.2) is 10.4 Å². The number of hydrazone groups is 1. The molecule has 1 N–H and O–H groups in total. The predicted molar refractivity (Wildman–Crippen MR) is 124 cm³/mol. The number of carbonyl (C=O) groups excluding carboxylic acids is 1. The molecule has 1 amide bonds. The van der Waals surface area contributed by atoms with Crippen LogP contribution in [0, 0.1) is 6.92 Å². The molecule has 5 heteroatoms. The van der Waals surface area contributed by atoms with Crippen molar-refractivity contribution in [2.75, 3.05) is 0 Å². The Labute approximate surface area is 181 Å². The van der Waals surface area contributed by atoms with Crippen LogP contribution in [0.5, 0.6) is 0 Å². The van der Waals surface area contributed by atoms with Gasteiger partial charge in [-0.1, -0.05) is 56.3 Å². The maximum atomic E-state index is 12.9. The fraction of sp³-hybridized carbons (Fsp3) is 0.192. The number of carbonyl (C=O) groups is 1. The number of rotatable bonds is 6. The molecule has 0 aliphatic heterocycles. The summed E-state index contributed by atoms with van der Waals surface area (Å²) < 4.78 is 5.44. The van der Waals surface area contributed by atoms with Crippen molar-refractivity contribution in [3.63, 3.8) is 0 Å². The number of benzene rings is 2. The Morgan fingerprint density at radius 1 is 1.13 bits per heavy atom. The summed E-state index contributed by atoms with van der Waals surface area (Å²) in [4.78, 5) is 17.7. The van der Waals surface area contributed by atoms with E-state index in [-0.39, 0.29) is 5.91 Å². The lowest BCUT2D eigenvalue weighted by Gasteiger charge is -2.11. The average molecular weight is 412 g/mol. The highest BCUT2D eigenvalue weighted by atomic mass is 16.3. The zero-order valence-electron chi connectivity index (χ0n) is 17.9. The molecule has 5 nitrogen and oxygen atoms in total. The number of para-hydroxylation sites is 1. The van der Waals surface area contributed by atoms with Crippen molar-refractivity contribution in [3.8, 4) is 11.3 Å². The lowest BCUT2D eigenvalue weighted by Crippen LogP contribution is -2.18. The number of furan rings is 1. The summed E-state index contributed by atoms with van der Waals surface area (Å²) >= 11 is 0. The van der Waals surface area contributed by atoms with Crippen molar-refractivity contribution >= 4 is 23.0 Å². The molecule has 4 aromatic rings. The molecule has 0 saturated carbocycles. The quantitative estimate of drug-likeness (QED) is 0.309. The summed E-state index contributed by atoms with van der Waals surface area (Å²) in [5.74, 6) is 1.59. The second kappa shape index (κ2) is 8.96. The van der Waals surface area contributed by atoms with Gasteiger partial charge in [0, 0.05) is 10.9 Å². The molecule has 0 spiro atoms. The summed E-state index contributed by atoms with van der Waals surface area (Å²) in [7, 11) is 0. The van der Waals surface area contributed by atoms with E-state index in [1.54, 1.807) is 6.07 Å². The van der Waals surface area contributed by atoms with E-state index < -0.39 is 0 Å². The monoisotopic (exact) mass is 411 g/mol. The Kier molecular flexibility index (Phi) is 5.94. The number of fused-ring (bicyclic) bond motifs is 1. The van der Waals surface area contributed by atoms with E-state index in [1.807, 2.05) is 43.3 Å². The van der Waals surface area contributed by atoms with Crippen molar-refractivity contribution in [2.45, 2.75) is 33.1 Å². The van der Waals surface area contributed by atoms with Gasteiger partial charge in [0.05, 0.1) is 23.0 Å². The van der Waals surface area contributed by atoms with Gasteiger partial charge in [0.25, 0.3) is 5.91 Å². The van der Waals surface area contributed by atoms with Gasteiger partial charge in [0.1, 0.15) is 11.5 Å². The van der Waals surface area contributed by atoms with Crippen molar-refractivity contribution in [1.29, 1.82) is 0 Å². The molecule has 4 rings (SSSR count). The third-order valence-electron chi connectivity index (χ3n) is 5.47. The number of nitrogens with zero attached hydrogens (tertiary/aromatic N) is 2. The summed E-state index contributed by atoms with van der Waals surface area (Å²) in [5.41, 5.74) is 6.92. The highest BCUT2D eigenvalue weighted by Gasteiger charge is 2.14. The van der Waals surface area contributed by atoms with Gasteiger partial charge in [-0.05, 0) is 49.1 Å². The molecular formula is C26H25N3O2. The molecule has 0 fully saturated rings. The largest absolute Gasteiger partial charge is 0.460 e. The minimum absolute atomic E-state index is 0.296. The molecule has 2 aromatic heterocycles. The third kappa shape index (κ3) is 4.56. The zero-order valence-corrected chi connectivity index (χ0v) is 17.9. The minimum Gasteiger partial charge on any atom is -0.460 e. The van der Waals surface area contributed by atoms with Crippen LogP contribution >= 0.6 is 0 Å². The molecule has 0 aliphatic carbocycles. The number of hydrogen-bond acceptors (Lipinski definition) is 4. The number of nitrogens with one attached hydrogen (secondary N) is 1. The molecule has 2 heterocycles. The first-order valence-electron chi connectivity index (χ1n) is 10.4. The van der Waals surface area contributed by atoms with Crippen molar-refractivity contribution in [1.82, 2.24) is 10.4 Å². The molecule has 0 saturated heterocycles. The molecule has 1 unspecified atom stereocenters. The summed E-state index contributed by atoms with van der Waals surface area (Å²) in [5, 5.41) is 4.82. The molecule has 1 atom stereocenters. The first-order valence-corrected chi connectivity index (χ1v) is 10.4. The van der Waals surface area contributed by atoms with Crippen LogP contribution in [-0.4, -0.2) is 17.1 Å². The highest BCUT2D eigenvalue weighted by Crippen LogP contribution is 2.27. The normalized spacial score (nSPS) is 12.4. The van der Waals surface area contributed by atoms with E-state index in [9.17, 15) is 4.79 Å². The van der Waals surface area contributed by atoms with E-state index in [4.69, 9.17) is 9.40 Å². The summed E-state index contributed by atoms with van der Waals surface area (Å²) in [6, 6.07) is 21.5. The fourth-order valence-corrected chi connectivity index (χ4v) is 3.47. The lowest BCUT2D eigenvalue weighted by atomic mass is 9.96. The lowest BCUT2D eigenvalue weighted by molar-refractivity contribution is 0.0956. The highest BCUT2D eigenvalue weighted by molar-refractivity contribution is 6.07. The van der Waals surface area contributed by atoms with Crippen LogP contribution in [-0.2, 0) is 0 Å².